The summed E-state index contributed by atoms with van der Waals surface area (Å²) >= 11 is 12.1. The molecule has 2 aromatic rings. The first-order valence-corrected chi connectivity index (χ1v) is 12.5. The molecule has 0 spiro atoms. The standard InChI is InChI=1S/C26H32Cl2N2O3/c1-32-26(31)25(20-5-3-2-4-6-20)30-15-9-19(10-16-30)18-29-13-11-21(12-14-29)33-22-7-8-23(27)24(28)17-22/h2-8,17,19,21,25H,9-16,18H2,1H3/t25-/m1/s1. The van der Waals surface area contributed by atoms with Crippen LogP contribution in [0, 0.1) is 5.92 Å². The highest BCUT2D eigenvalue weighted by atomic mass is 35.5. The smallest absolute Gasteiger partial charge is 0.327 e. The zero-order valence-electron chi connectivity index (χ0n) is 19.1. The number of nitrogens with zero attached hydrogens (tertiary/aromatic N) is 2. The lowest BCUT2D eigenvalue weighted by Gasteiger charge is -2.39. The Balaban J connectivity index is 1.23. The maximum atomic E-state index is 12.5. The van der Waals surface area contributed by atoms with Crippen LogP contribution >= 0.6 is 23.2 Å². The van der Waals surface area contributed by atoms with Gasteiger partial charge in [0.1, 0.15) is 17.9 Å². The molecule has 2 aliphatic rings. The summed E-state index contributed by atoms with van der Waals surface area (Å²) in [6.07, 6.45) is 4.43. The zero-order valence-corrected chi connectivity index (χ0v) is 20.6. The molecule has 0 radical (unpaired) electrons. The maximum Gasteiger partial charge on any atom is 0.327 e. The van der Waals surface area contributed by atoms with Gasteiger partial charge in [-0.3, -0.25) is 4.90 Å². The molecule has 33 heavy (non-hydrogen) atoms. The molecule has 2 fully saturated rings. The summed E-state index contributed by atoms with van der Waals surface area (Å²) in [6, 6.07) is 15.1. The minimum absolute atomic E-state index is 0.177. The van der Waals surface area contributed by atoms with Gasteiger partial charge >= 0.3 is 5.97 Å². The van der Waals surface area contributed by atoms with Crippen molar-refractivity contribution in [3.63, 3.8) is 0 Å². The van der Waals surface area contributed by atoms with Crippen molar-refractivity contribution in [3.8, 4) is 5.75 Å². The molecule has 1 atom stereocenters. The van der Waals surface area contributed by atoms with Crippen LogP contribution in [0.5, 0.6) is 5.75 Å². The van der Waals surface area contributed by atoms with Gasteiger partial charge in [-0.05, 0) is 62.4 Å². The molecular weight excluding hydrogens is 459 g/mol. The van der Waals surface area contributed by atoms with Crippen molar-refractivity contribution in [1.82, 2.24) is 9.80 Å². The third-order valence-corrected chi connectivity index (χ3v) is 7.54. The summed E-state index contributed by atoms with van der Waals surface area (Å²) in [5, 5.41) is 1.08. The molecule has 0 amide bonds. The lowest BCUT2D eigenvalue weighted by Crippen LogP contribution is -2.45. The van der Waals surface area contributed by atoms with E-state index in [1.165, 1.54) is 7.11 Å². The summed E-state index contributed by atoms with van der Waals surface area (Å²) in [6.45, 7) is 5.02. The zero-order chi connectivity index (χ0) is 23.2. The molecule has 0 bridgehead atoms. The second kappa shape index (κ2) is 11.6. The first kappa shape index (κ1) is 24.3. The normalized spacial score (nSPS) is 19.8. The van der Waals surface area contributed by atoms with Crippen LogP contribution in [0.2, 0.25) is 10.0 Å². The Morgan fingerprint density at radius 2 is 1.67 bits per heavy atom. The van der Waals surface area contributed by atoms with Crippen LogP contribution in [0.1, 0.15) is 37.3 Å². The van der Waals surface area contributed by atoms with Gasteiger partial charge in [0.15, 0.2) is 0 Å². The first-order chi connectivity index (χ1) is 16.0. The quantitative estimate of drug-likeness (QED) is 0.481. The van der Waals surface area contributed by atoms with Crippen LogP contribution in [0.3, 0.4) is 0 Å². The largest absolute Gasteiger partial charge is 0.490 e. The van der Waals surface area contributed by atoms with Crippen molar-refractivity contribution in [2.75, 3.05) is 39.8 Å². The number of esters is 1. The summed E-state index contributed by atoms with van der Waals surface area (Å²) < 4.78 is 11.2. The minimum atomic E-state index is -0.314. The van der Waals surface area contributed by atoms with E-state index in [1.807, 2.05) is 36.4 Å². The minimum Gasteiger partial charge on any atom is -0.490 e. The molecule has 0 aliphatic carbocycles. The maximum absolute atomic E-state index is 12.5. The summed E-state index contributed by atoms with van der Waals surface area (Å²) in [5.74, 6) is 1.26. The van der Waals surface area contributed by atoms with Crippen LogP contribution in [0.15, 0.2) is 48.5 Å². The molecule has 0 unspecified atom stereocenters. The van der Waals surface area contributed by atoms with E-state index in [0.29, 0.717) is 16.0 Å². The molecule has 2 heterocycles. The number of benzene rings is 2. The number of hydrogen-bond donors (Lipinski definition) is 0. The van der Waals surface area contributed by atoms with E-state index in [-0.39, 0.29) is 18.1 Å². The summed E-state index contributed by atoms with van der Waals surface area (Å²) in [7, 11) is 1.47. The number of likely N-dealkylation sites (tertiary alicyclic amines) is 2. The Morgan fingerprint density at radius 1 is 0.970 bits per heavy atom. The fraction of sp³-hybridized carbons (Fsp3) is 0.500. The molecule has 2 saturated heterocycles. The summed E-state index contributed by atoms with van der Waals surface area (Å²) in [4.78, 5) is 17.3. The van der Waals surface area contributed by atoms with E-state index in [9.17, 15) is 4.79 Å². The highest BCUT2D eigenvalue weighted by molar-refractivity contribution is 6.42. The van der Waals surface area contributed by atoms with Crippen molar-refractivity contribution >= 4 is 29.2 Å². The van der Waals surface area contributed by atoms with Crippen molar-refractivity contribution in [1.29, 1.82) is 0 Å². The first-order valence-electron chi connectivity index (χ1n) is 11.7. The van der Waals surface area contributed by atoms with Gasteiger partial charge in [-0.15, -0.1) is 0 Å². The monoisotopic (exact) mass is 490 g/mol. The van der Waals surface area contributed by atoms with Gasteiger partial charge in [-0.2, -0.15) is 0 Å². The topological polar surface area (TPSA) is 42.0 Å². The molecule has 2 aromatic carbocycles. The highest BCUT2D eigenvalue weighted by Crippen LogP contribution is 2.30. The molecule has 0 aromatic heterocycles. The Hall–Kier alpha value is -1.79. The molecule has 0 N–H and O–H groups in total. The fourth-order valence-electron chi connectivity index (χ4n) is 4.95. The van der Waals surface area contributed by atoms with Gasteiger partial charge < -0.3 is 14.4 Å². The number of rotatable bonds is 7. The van der Waals surface area contributed by atoms with E-state index in [0.717, 1.165) is 69.7 Å². The predicted molar refractivity (Wildman–Crippen MR) is 132 cm³/mol. The van der Waals surface area contributed by atoms with Gasteiger partial charge in [0.25, 0.3) is 0 Å². The average Bonchev–Trinajstić information content (AvgIpc) is 2.84. The second-order valence-corrected chi connectivity index (χ2v) is 9.82. The Bertz CT molecular complexity index is 911. The fourth-order valence-corrected chi connectivity index (χ4v) is 5.24. The predicted octanol–water partition coefficient (Wildman–Crippen LogP) is 5.46. The molecule has 7 heteroatoms. The molecule has 2 aliphatic heterocycles. The SMILES string of the molecule is COC(=O)[C@@H](c1ccccc1)N1CCC(CN2CCC(Oc3ccc(Cl)c(Cl)c3)CC2)CC1. The van der Waals surface area contributed by atoms with Gasteiger partial charge in [0, 0.05) is 25.7 Å². The highest BCUT2D eigenvalue weighted by Gasteiger charge is 2.32. The van der Waals surface area contributed by atoms with Gasteiger partial charge in [0.2, 0.25) is 0 Å². The number of ether oxygens (including phenoxy) is 2. The third kappa shape index (κ3) is 6.42. The lowest BCUT2D eigenvalue weighted by molar-refractivity contribution is -0.148. The lowest BCUT2D eigenvalue weighted by atomic mass is 9.93. The molecule has 4 rings (SSSR count). The van der Waals surface area contributed by atoms with Gasteiger partial charge in [-0.1, -0.05) is 53.5 Å². The number of hydrogen-bond acceptors (Lipinski definition) is 5. The van der Waals surface area contributed by atoms with Gasteiger partial charge in [0.05, 0.1) is 17.2 Å². The number of halogens is 2. The molecule has 178 valence electrons. The number of carbonyl (C=O) groups is 1. The number of carbonyl (C=O) groups excluding carboxylic acids is 1. The van der Waals surface area contributed by atoms with E-state index in [1.54, 1.807) is 12.1 Å². The molecular formula is C26H32Cl2N2O3. The van der Waals surface area contributed by atoms with Crippen LogP contribution in [-0.2, 0) is 9.53 Å². The Kier molecular flexibility index (Phi) is 8.53. The van der Waals surface area contributed by atoms with E-state index in [2.05, 4.69) is 9.80 Å². The Labute approximate surface area is 206 Å². The molecule has 0 saturated carbocycles. The van der Waals surface area contributed by atoms with E-state index in [4.69, 9.17) is 32.7 Å². The van der Waals surface area contributed by atoms with Crippen LogP contribution in [-0.4, -0.2) is 61.7 Å². The Morgan fingerprint density at radius 3 is 2.30 bits per heavy atom. The van der Waals surface area contributed by atoms with E-state index >= 15 is 0 Å². The van der Waals surface area contributed by atoms with Crippen LogP contribution < -0.4 is 4.74 Å². The summed E-state index contributed by atoms with van der Waals surface area (Å²) in [5.41, 5.74) is 1.01. The second-order valence-electron chi connectivity index (χ2n) is 9.01. The molecule has 5 nitrogen and oxygen atoms in total. The average molecular weight is 491 g/mol. The number of methoxy groups -OCH3 is 1. The van der Waals surface area contributed by atoms with Crippen molar-refractivity contribution in [3.05, 3.63) is 64.1 Å². The van der Waals surface area contributed by atoms with Crippen molar-refractivity contribution < 1.29 is 14.3 Å². The van der Waals surface area contributed by atoms with Crippen molar-refractivity contribution in [2.45, 2.75) is 37.8 Å². The van der Waals surface area contributed by atoms with Crippen molar-refractivity contribution in [2.24, 2.45) is 5.92 Å². The van der Waals surface area contributed by atoms with Gasteiger partial charge in [-0.25, -0.2) is 4.79 Å². The third-order valence-electron chi connectivity index (χ3n) is 6.80. The van der Waals surface area contributed by atoms with E-state index < -0.39 is 0 Å². The van der Waals surface area contributed by atoms with Crippen LogP contribution in [0.25, 0.3) is 0 Å². The number of piperidine rings is 2. The van der Waals surface area contributed by atoms with Crippen LogP contribution in [0.4, 0.5) is 0 Å².